The summed E-state index contributed by atoms with van der Waals surface area (Å²) in [4.78, 5) is 16.3. The first-order valence-corrected chi connectivity index (χ1v) is 8.03. The third-order valence-corrected chi connectivity index (χ3v) is 4.24. The van der Waals surface area contributed by atoms with Crippen LogP contribution in [0.5, 0.6) is 0 Å². The fraction of sp³-hybridized carbons (Fsp3) is 0.467. The average Bonchev–Trinajstić information content (AvgIpc) is 3.03. The summed E-state index contributed by atoms with van der Waals surface area (Å²) in [5.41, 5.74) is 1.83. The molecule has 112 valence electrons. The highest BCUT2D eigenvalue weighted by Crippen LogP contribution is 2.29. The number of furan rings is 1. The molecule has 0 saturated heterocycles. The number of hydrogen-bond acceptors (Lipinski definition) is 5. The molecular formula is C15H19N3O2S. The summed E-state index contributed by atoms with van der Waals surface area (Å²) >= 11 is 1.43. The van der Waals surface area contributed by atoms with E-state index in [0.717, 1.165) is 35.2 Å². The molecule has 1 aliphatic carbocycles. The largest absolute Gasteiger partial charge is 0.466 e. The second-order valence-corrected chi connectivity index (χ2v) is 6.35. The van der Waals surface area contributed by atoms with Crippen LogP contribution < -0.4 is 10.6 Å². The maximum absolute atomic E-state index is 11.8. The average molecular weight is 305 g/mol. The predicted molar refractivity (Wildman–Crippen MR) is 83.5 cm³/mol. The van der Waals surface area contributed by atoms with Crippen LogP contribution in [-0.2, 0) is 4.79 Å². The topological polar surface area (TPSA) is 67.2 Å². The first kappa shape index (κ1) is 14.3. The van der Waals surface area contributed by atoms with Crippen LogP contribution in [-0.4, -0.2) is 24.0 Å². The Morgan fingerprint density at radius 2 is 2.29 bits per heavy atom. The Kier molecular flexibility index (Phi) is 4.07. The van der Waals surface area contributed by atoms with E-state index in [1.807, 2.05) is 25.3 Å². The molecule has 21 heavy (non-hydrogen) atoms. The van der Waals surface area contributed by atoms with Gasteiger partial charge in [-0.2, -0.15) is 0 Å². The van der Waals surface area contributed by atoms with Crippen molar-refractivity contribution < 1.29 is 9.21 Å². The van der Waals surface area contributed by atoms with Crippen molar-refractivity contribution in [3.63, 3.8) is 0 Å². The van der Waals surface area contributed by atoms with Gasteiger partial charge in [-0.3, -0.25) is 4.79 Å². The lowest BCUT2D eigenvalue weighted by Crippen LogP contribution is -2.29. The van der Waals surface area contributed by atoms with E-state index in [1.54, 1.807) is 0 Å². The van der Waals surface area contributed by atoms with E-state index in [2.05, 4.69) is 15.6 Å². The number of anilines is 1. The van der Waals surface area contributed by atoms with Gasteiger partial charge in [-0.05, 0) is 45.2 Å². The number of carbonyl (C=O) groups is 1. The minimum absolute atomic E-state index is 0.0448. The van der Waals surface area contributed by atoms with E-state index >= 15 is 0 Å². The second-order valence-electron chi connectivity index (χ2n) is 5.49. The third-order valence-electron chi connectivity index (χ3n) is 3.48. The monoisotopic (exact) mass is 305 g/mol. The SMILES string of the molecule is Cc1cc(-c2csc(NC(=O)CNCC3CC3)n2)c(C)o1. The van der Waals surface area contributed by atoms with Crippen LogP contribution in [0.1, 0.15) is 24.4 Å². The Hall–Kier alpha value is -1.66. The number of nitrogens with one attached hydrogen (secondary N) is 2. The number of aromatic nitrogens is 1. The van der Waals surface area contributed by atoms with Gasteiger partial charge in [-0.25, -0.2) is 4.98 Å². The summed E-state index contributed by atoms with van der Waals surface area (Å²) in [6.45, 7) is 5.11. The molecule has 2 aromatic heterocycles. The smallest absolute Gasteiger partial charge is 0.240 e. The van der Waals surface area contributed by atoms with Crippen molar-refractivity contribution >= 4 is 22.4 Å². The van der Waals surface area contributed by atoms with Crippen molar-refractivity contribution in [1.29, 1.82) is 0 Å². The summed E-state index contributed by atoms with van der Waals surface area (Å²) in [5, 5.41) is 8.56. The van der Waals surface area contributed by atoms with Gasteiger partial charge < -0.3 is 15.1 Å². The lowest BCUT2D eigenvalue weighted by atomic mass is 10.2. The number of amides is 1. The van der Waals surface area contributed by atoms with E-state index < -0.39 is 0 Å². The molecule has 0 spiro atoms. The minimum atomic E-state index is -0.0448. The van der Waals surface area contributed by atoms with E-state index in [1.165, 1.54) is 24.2 Å². The Morgan fingerprint density at radius 3 is 2.95 bits per heavy atom. The Bertz CT molecular complexity index is 643. The molecule has 1 saturated carbocycles. The van der Waals surface area contributed by atoms with Gasteiger partial charge in [0, 0.05) is 10.9 Å². The molecule has 2 aromatic rings. The molecule has 0 atom stereocenters. The van der Waals surface area contributed by atoms with Crippen LogP contribution in [0.25, 0.3) is 11.3 Å². The van der Waals surface area contributed by atoms with Crippen molar-refractivity contribution in [2.45, 2.75) is 26.7 Å². The van der Waals surface area contributed by atoms with Gasteiger partial charge in [-0.1, -0.05) is 0 Å². The van der Waals surface area contributed by atoms with Gasteiger partial charge in [-0.15, -0.1) is 11.3 Å². The molecule has 6 heteroatoms. The lowest BCUT2D eigenvalue weighted by Gasteiger charge is -2.03. The molecule has 1 amide bonds. The summed E-state index contributed by atoms with van der Waals surface area (Å²) in [7, 11) is 0. The Morgan fingerprint density at radius 1 is 1.48 bits per heavy atom. The summed E-state index contributed by atoms with van der Waals surface area (Å²) in [6.07, 6.45) is 2.57. The quantitative estimate of drug-likeness (QED) is 0.861. The number of thiazole rings is 1. The van der Waals surface area contributed by atoms with E-state index in [0.29, 0.717) is 11.7 Å². The van der Waals surface area contributed by atoms with Crippen LogP contribution >= 0.6 is 11.3 Å². The molecule has 0 unspecified atom stereocenters. The highest BCUT2D eigenvalue weighted by atomic mass is 32.1. The molecule has 2 heterocycles. The highest BCUT2D eigenvalue weighted by Gasteiger charge is 2.20. The second kappa shape index (κ2) is 5.99. The van der Waals surface area contributed by atoms with E-state index in [4.69, 9.17) is 4.42 Å². The minimum Gasteiger partial charge on any atom is -0.466 e. The van der Waals surface area contributed by atoms with Crippen molar-refractivity contribution in [2.75, 3.05) is 18.4 Å². The van der Waals surface area contributed by atoms with E-state index in [9.17, 15) is 4.79 Å². The van der Waals surface area contributed by atoms with Gasteiger partial charge in [0.25, 0.3) is 0 Å². The predicted octanol–water partition coefficient (Wildman–Crippen LogP) is 2.96. The zero-order valence-electron chi connectivity index (χ0n) is 12.2. The Labute approximate surface area is 127 Å². The van der Waals surface area contributed by atoms with Crippen LogP contribution in [0.2, 0.25) is 0 Å². The van der Waals surface area contributed by atoms with Crippen LogP contribution in [0.3, 0.4) is 0 Å². The Balaban J connectivity index is 1.56. The van der Waals surface area contributed by atoms with Crippen LogP contribution in [0.4, 0.5) is 5.13 Å². The number of hydrogen-bond donors (Lipinski definition) is 2. The van der Waals surface area contributed by atoms with Gasteiger partial charge >= 0.3 is 0 Å². The zero-order chi connectivity index (χ0) is 14.8. The van der Waals surface area contributed by atoms with Crippen molar-refractivity contribution in [1.82, 2.24) is 10.3 Å². The normalized spacial score (nSPS) is 14.4. The number of rotatable bonds is 6. The van der Waals surface area contributed by atoms with Gasteiger partial charge in [0.2, 0.25) is 5.91 Å². The first-order chi connectivity index (χ1) is 10.1. The van der Waals surface area contributed by atoms with Crippen molar-refractivity contribution in [3.05, 3.63) is 23.0 Å². The molecular weight excluding hydrogens is 286 g/mol. The van der Waals surface area contributed by atoms with Crippen LogP contribution in [0, 0.1) is 19.8 Å². The van der Waals surface area contributed by atoms with Crippen LogP contribution in [0.15, 0.2) is 15.9 Å². The number of aryl methyl sites for hydroxylation is 2. The molecule has 2 N–H and O–H groups in total. The fourth-order valence-electron chi connectivity index (χ4n) is 2.22. The molecule has 0 aliphatic heterocycles. The highest BCUT2D eigenvalue weighted by molar-refractivity contribution is 7.14. The van der Waals surface area contributed by atoms with Gasteiger partial charge in [0.15, 0.2) is 5.13 Å². The van der Waals surface area contributed by atoms with Gasteiger partial charge in [0.1, 0.15) is 11.5 Å². The third kappa shape index (κ3) is 3.71. The summed E-state index contributed by atoms with van der Waals surface area (Å²) < 4.78 is 5.51. The van der Waals surface area contributed by atoms with Gasteiger partial charge in [0.05, 0.1) is 12.2 Å². The van der Waals surface area contributed by atoms with Crippen molar-refractivity contribution in [2.24, 2.45) is 5.92 Å². The molecule has 0 radical (unpaired) electrons. The number of carbonyl (C=O) groups excluding carboxylic acids is 1. The number of nitrogens with zero attached hydrogens (tertiary/aromatic N) is 1. The first-order valence-electron chi connectivity index (χ1n) is 7.15. The molecule has 3 rings (SSSR count). The van der Waals surface area contributed by atoms with Crippen molar-refractivity contribution in [3.8, 4) is 11.3 Å². The zero-order valence-corrected chi connectivity index (χ0v) is 13.0. The maximum Gasteiger partial charge on any atom is 0.240 e. The molecule has 1 fully saturated rings. The summed E-state index contributed by atoms with van der Waals surface area (Å²) in [5.74, 6) is 2.44. The molecule has 5 nitrogen and oxygen atoms in total. The standard InChI is InChI=1S/C15H19N3O2S/c1-9-5-12(10(2)20-9)13-8-21-15(17-13)18-14(19)7-16-6-11-3-4-11/h5,8,11,16H,3-4,6-7H2,1-2H3,(H,17,18,19). The molecule has 1 aliphatic rings. The molecule has 0 bridgehead atoms. The maximum atomic E-state index is 11.8. The summed E-state index contributed by atoms with van der Waals surface area (Å²) in [6, 6.07) is 1.97. The lowest BCUT2D eigenvalue weighted by molar-refractivity contribution is -0.115. The van der Waals surface area contributed by atoms with E-state index in [-0.39, 0.29) is 5.91 Å². The fourth-order valence-corrected chi connectivity index (χ4v) is 2.94. The molecule has 0 aromatic carbocycles.